The van der Waals surface area contributed by atoms with E-state index >= 15 is 0 Å². The Morgan fingerprint density at radius 3 is 1.77 bits per heavy atom. The number of phenols is 1. The lowest BCUT2D eigenvalue weighted by Crippen LogP contribution is -2.27. The van der Waals surface area contributed by atoms with E-state index in [0.29, 0.717) is 17.4 Å². The highest BCUT2D eigenvalue weighted by atomic mass is 32.2. The zero-order valence-electron chi connectivity index (χ0n) is 24.4. The molecule has 0 heterocycles. The van der Waals surface area contributed by atoms with Gasteiger partial charge in [-0.1, -0.05) is 18.2 Å². The summed E-state index contributed by atoms with van der Waals surface area (Å²) in [6.07, 6.45) is -0.551. The van der Waals surface area contributed by atoms with E-state index in [2.05, 4.69) is 16.2 Å². The summed E-state index contributed by atoms with van der Waals surface area (Å²) in [5.41, 5.74) is 15.0. The Balaban J connectivity index is 1.60. The summed E-state index contributed by atoms with van der Waals surface area (Å²) < 4.78 is 72.1. The van der Waals surface area contributed by atoms with Gasteiger partial charge in [-0.3, -0.25) is 19.8 Å². The van der Waals surface area contributed by atoms with Crippen LogP contribution in [0.2, 0.25) is 0 Å². The summed E-state index contributed by atoms with van der Waals surface area (Å²) >= 11 is 0. The normalized spacial score (nSPS) is 12.2. The maximum atomic E-state index is 12.2. The second kappa shape index (κ2) is 11.5. The minimum absolute atomic E-state index is 0.00912. The van der Waals surface area contributed by atoms with Crippen molar-refractivity contribution in [3.8, 4) is 16.9 Å². The van der Waals surface area contributed by atoms with Crippen LogP contribution in [0.4, 0.5) is 27.5 Å². The number of amides is 1. The van der Waals surface area contributed by atoms with Crippen LogP contribution in [0.25, 0.3) is 21.9 Å². The quantitative estimate of drug-likeness (QED) is 0.0558. The maximum absolute atomic E-state index is 12.2. The maximum Gasteiger partial charge on any atom is 0.412 e. The van der Waals surface area contributed by atoms with Crippen LogP contribution >= 0.6 is 0 Å². The lowest BCUT2D eigenvalue weighted by molar-refractivity contribution is 0.0635. The molecule has 0 unspecified atom stereocenters. The lowest BCUT2D eigenvalue weighted by Gasteiger charge is -2.20. The molecule has 13 nitrogen and oxygen atoms in total. The summed E-state index contributed by atoms with van der Waals surface area (Å²) in [5, 5.41) is 13.0. The molecule has 1 amide bonds. The molecule has 8 N–H and O–H groups in total. The first-order valence-electron chi connectivity index (χ1n) is 13.0. The standard InChI is InChI=1S/C29H32N4O9S2/c1-15-12-17(6-9-20(15)31-28(35)42-29(3,4)5)18-7-10-21(16(2)13-18)32-33-22-11-8-19-23(43(36,37)38)14-24(44(39,40)41)26(30)25(19)27(22)34/h6-14,32-34H,30H2,1-5H3,(H,31,35)(H,36,37,38)(H,39,40,41). The molecule has 0 spiro atoms. The number of nitrogens with one attached hydrogen (secondary N) is 3. The molecule has 0 saturated heterocycles. The van der Waals surface area contributed by atoms with Gasteiger partial charge >= 0.3 is 6.09 Å². The van der Waals surface area contributed by atoms with Gasteiger partial charge in [-0.05, 0) is 93.3 Å². The van der Waals surface area contributed by atoms with Gasteiger partial charge in [0.2, 0.25) is 0 Å². The Morgan fingerprint density at radius 1 is 0.773 bits per heavy atom. The Morgan fingerprint density at radius 2 is 1.27 bits per heavy atom. The molecule has 0 saturated carbocycles. The molecule has 0 aliphatic carbocycles. The number of hydrazine groups is 1. The first kappa shape index (κ1) is 32.3. The number of hydrogen-bond donors (Lipinski definition) is 7. The fourth-order valence-electron chi connectivity index (χ4n) is 4.51. The van der Waals surface area contributed by atoms with Crippen molar-refractivity contribution < 1.29 is 40.6 Å². The molecule has 0 fully saturated rings. The zero-order chi connectivity index (χ0) is 32.8. The number of hydrogen-bond acceptors (Lipinski definition) is 10. The molecule has 0 aliphatic rings. The number of aromatic hydroxyl groups is 1. The number of benzene rings is 4. The number of carbonyl (C=O) groups excluding carboxylic acids is 1. The molecule has 4 rings (SSSR count). The monoisotopic (exact) mass is 644 g/mol. The number of anilines is 4. The van der Waals surface area contributed by atoms with Gasteiger partial charge in [0.1, 0.15) is 21.1 Å². The molecule has 0 aromatic heterocycles. The minimum atomic E-state index is -5.01. The van der Waals surface area contributed by atoms with Gasteiger partial charge in [-0.25, -0.2) is 4.79 Å². The van der Waals surface area contributed by atoms with Crippen molar-refractivity contribution in [3.63, 3.8) is 0 Å². The van der Waals surface area contributed by atoms with Crippen molar-refractivity contribution in [2.45, 2.75) is 50.0 Å². The van der Waals surface area contributed by atoms with E-state index in [4.69, 9.17) is 10.5 Å². The molecule has 234 valence electrons. The molecule has 0 radical (unpaired) electrons. The van der Waals surface area contributed by atoms with Crippen molar-refractivity contribution in [2.24, 2.45) is 0 Å². The van der Waals surface area contributed by atoms with Gasteiger partial charge in [0.05, 0.1) is 22.4 Å². The van der Waals surface area contributed by atoms with E-state index < -0.39 is 58.5 Å². The van der Waals surface area contributed by atoms with Crippen LogP contribution in [0.1, 0.15) is 31.9 Å². The van der Waals surface area contributed by atoms with Crippen LogP contribution in [-0.4, -0.2) is 42.7 Å². The number of nitrogen functional groups attached to an aromatic ring is 1. The largest absolute Gasteiger partial charge is 0.505 e. The number of fused-ring (bicyclic) bond motifs is 1. The van der Waals surface area contributed by atoms with Crippen molar-refractivity contribution in [1.82, 2.24) is 0 Å². The minimum Gasteiger partial charge on any atom is -0.505 e. The topological polar surface area (TPSA) is 217 Å². The molecule has 4 aromatic carbocycles. The van der Waals surface area contributed by atoms with Crippen LogP contribution in [0.3, 0.4) is 0 Å². The van der Waals surface area contributed by atoms with E-state index in [9.17, 15) is 35.8 Å². The Bertz CT molecular complexity index is 2020. The molecule has 0 bridgehead atoms. The third-order valence-corrected chi connectivity index (χ3v) is 8.34. The second-order valence-corrected chi connectivity index (χ2v) is 13.8. The van der Waals surface area contributed by atoms with Crippen molar-refractivity contribution in [2.75, 3.05) is 21.9 Å². The predicted molar refractivity (Wildman–Crippen MR) is 168 cm³/mol. The average Bonchev–Trinajstić information content (AvgIpc) is 2.87. The van der Waals surface area contributed by atoms with Gasteiger partial charge in [-0.15, -0.1) is 0 Å². The van der Waals surface area contributed by atoms with Crippen LogP contribution < -0.4 is 21.9 Å². The van der Waals surface area contributed by atoms with Crippen molar-refractivity contribution in [1.29, 1.82) is 0 Å². The van der Waals surface area contributed by atoms with Gasteiger partial charge < -0.3 is 21.0 Å². The first-order chi connectivity index (χ1) is 20.3. The van der Waals surface area contributed by atoms with Gasteiger partial charge in [-0.2, -0.15) is 16.8 Å². The summed E-state index contributed by atoms with van der Waals surface area (Å²) in [7, 11) is -9.98. The van der Waals surface area contributed by atoms with Gasteiger partial charge in [0.25, 0.3) is 20.2 Å². The molecular weight excluding hydrogens is 612 g/mol. The number of nitrogens with two attached hydrogens (primary N) is 1. The smallest absolute Gasteiger partial charge is 0.412 e. The van der Waals surface area contributed by atoms with Gasteiger partial charge in [0, 0.05) is 11.1 Å². The van der Waals surface area contributed by atoms with E-state index in [-0.39, 0.29) is 11.1 Å². The molecule has 0 aliphatic heterocycles. The fraction of sp³-hybridized carbons (Fsp3) is 0.207. The SMILES string of the molecule is Cc1cc(-c2ccc(NC(=O)OC(C)(C)C)c(C)c2)ccc1NNc1ccc2c(S(=O)(=O)O)cc(S(=O)(=O)O)c(N)c2c1O. The van der Waals surface area contributed by atoms with Crippen molar-refractivity contribution >= 4 is 59.9 Å². The summed E-state index contributed by atoms with van der Waals surface area (Å²) in [6.45, 7) is 9.05. The zero-order valence-corrected chi connectivity index (χ0v) is 26.0. The van der Waals surface area contributed by atoms with Crippen LogP contribution in [-0.2, 0) is 25.0 Å². The second-order valence-electron chi connectivity index (χ2n) is 11.1. The van der Waals surface area contributed by atoms with Crippen LogP contribution in [0.5, 0.6) is 5.75 Å². The molecule has 15 heteroatoms. The average molecular weight is 645 g/mol. The molecular formula is C29H32N4O9S2. The number of ether oxygens (including phenoxy) is 1. The predicted octanol–water partition coefficient (Wildman–Crippen LogP) is 5.69. The number of aryl methyl sites for hydroxylation is 2. The third-order valence-electron chi connectivity index (χ3n) is 6.55. The van der Waals surface area contributed by atoms with E-state index in [1.807, 2.05) is 38.1 Å². The number of phenolic OH excluding ortho intramolecular Hbond substituents is 1. The Kier molecular flexibility index (Phi) is 8.45. The molecule has 44 heavy (non-hydrogen) atoms. The first-order valence-corrected chi connectivity index (χ1v) is 15.9. The number of rotatable bonds is 7. The Hall–Kier alpha value is -4.57. The Labute approximate surface area is 254 Å². The van der Waals surface area contributed by atoms with E-state index in [1.54, 1.807) is 32.9 Å². The lowest BCUT2D eigenvalue weighted by atomic mass is 10.00. The summed E-state index contributed by atoms with van der Waals surface area (Å²) in [5.74, 6) is -0.632. The van der Waals surface area contributed by atoms with E-state index in [0.717, 1.165) is 22.3 Å². The van der Waals surface area contributed by atoms with Crippen LogP contribution in [0.15, 0.2) is 64.4 Å². The van der Waals surface area contributed by atoms with Crippen molar-refractivity contribution in [3.05, 3.63) is 65.7 Å². The summed E-state index contributed by atoms with van der Waals surface area (Å²) in [6, 6.07) is 14.1. The number of carbonyl (C=O) groups is 1. The highest BCUT2D eigenvalue weighted by molar-refractivity contribution is 7.87. The highest BCUT2D eigenvalue weighted by Crippen LogP contribution is 2.42. The van der Waals surface area contributed by atoms with Gasteiger partial charge in [0.15, 0.2) is 0 Å². The van der Waals surface area contributed by atoms with Crippen LogP contribution in [0, 0.1) is 13.8 Å². The third kappa shape index (κ3) is 6.97. The highest BCUT2D eigenvalue weighted by Gasteiger charge is 2.26. The fourth-order valence-corrected chi connectivity index (χ4v) is 5.95. The molecule has 4 aromatic rings. The van der Waals surface area contributed by atoms with E-state index in [1.165, 1.54) is 12.1 Å². The summed E-state index contributed by atoms with van der Waals surface area (Å²) in [4.78, 5) is 10.3. The molecule has 0 atom stereocenters.